The Morgan fingerprint density at radius 2 is 2.00 bits per heavy atom. The van der Waals surface area contributed by atoms with Crippen molar-refractivity contribution in [3.63, 3.8) is 0 Å². The lowest BCUT2D eigenvalue weighted by Gasteiger charge is -2.28. The normalized spacial score (nSPS) is 12.4. The third-order valence-electron chi connectivity index (χ3n) is 4.33. The number of likely N-dealkylation sites (N-methyl/N-ethyl adjacent to an activating group) is 2. The SMILES string of the molecule is COCCCN(C)C(C)C(=O)N(C)Cc1cnn(-c2ccccc2)c1. The van der Waals surface area contributed by atoms with Crippen molar-refractivity contribution in [1.29, 1.82) is 0 Å². The number of hydrogen-bond acceptors (Lipinski definition) is 4. The van der Waals surface area contributed by atoms with Gasteiger partial charge in [0.2, 0.25) is 5.91 Å². The van der Waals surface area contributed by atoms with Crippen LogP contribution in [0.3, 0.4) is 0 Å². The molecule has 1 amide bonds. The highest BCUT2D eigenvalue weighted by molar-refractivity contribution is 5.81. The predicted octanol–water partition coefficient (Wildman–Crippen LogP) is 2.19. The smallest absolute Gasteiger partial charge is 0.239 e. The van der Waals surface area contributed by atoms with Crippen LogP contribution in [0.5, 0.6) is 0 Å². The molecule has 0 aliphatic heterocycles. The van der Waals surface area contributed by atoms with E-state index in [1.807, 2.05) is 68.4 Å². The molecule has 0 bridgehead atoms. The Morgan fingerprint density at radius 1 is 1.28 bits per heavy atom. The minimum Gasteiger partial charge on any atom is -0.385 e. The van der Waals surface area contributed by atoms with E-state index in [1.165, 1.54) is 0 Å². The van der Waals surface area contributed by atoms with Crippen molar-refractivity contribution < 1.29 is 9.53 Å². The van der Waals surface area contributed by atoms with Crippen LogP contribution in [0.15, 0.2) is 42.7 Å². The Hall–Kier alpha value is -2.18. The second-order valence-corrected chi connectivity index (χ2v) is 6.33. The van der Waals surface area contributed by atoms with Gasteiger partial charge in [-0.15, -0.1) is 0 Å². The molecule has 0 aliphatic carbocycles. The summed E-state index contributed by atoms with van der Waals surface area (Å²) in [4.78, 5) is 16.4. The van der Waals surface area contributed by atoms with Crippen molar-refractivity contribution in [3.05, 3.63) is 48.3 Å². The van der Waals surface area contributed by atoms with E-state index in [0.29, 0.717) is 13.2 Å². The van der Waals surface area contributed by atoms with Gasteiger partial charge in [0, 0.05) is 45.6 Å². The number of para-hydroxylation sites is 1. The molecule has 0 N–H and O–H groups in total. The van der Waals surface area contributed by atoms with Crippen molar-refractivity contribution >= 4 is 5.91 Å². The first-order valence-electron chi connectivity index (χ1n) is 8.56. The first-order chi connectivity index (χ1) is 12.0. The van der Waals surface area contributed by atoms with Crippen LogP contribution in [0.1, 0.15) is 18.9 Å². The number of amides is 1. The molecule has 1 aromatic carbocycles. The van der Waals surface area contributed by atoms with E-state index >= 15 is 0 Å². The molecule has 1 heterocycles. The molecule has 6 nitrogen and oxygen atoms in total. The maximum Gasteiger partial charge on any atom is 0.239 e. The van der Waals surface area contributed by atoms with Crippen LogP contribution in [0.4, 0.5) is 0 Å². The fourth-order valence-electron chi connectivity index (χ4n) is 2.67. The number of benzene rings is 1. The van der Waals surface area contributed by atoms with Crippen LogP contribution >= 0.6 is 0 Å². The lowest BCUT2D eigenvalue weighted by atomic mass is 10.2. The summed E-state index contributed by atoms with van der Waals surface area (Å²) in [5.41, 5.74) is 2.02. The van der Waals surface area contributed by atoms with Gasteiger partial charge >= 0.3 is 0 Å². The topological polar surface area (TPSA) is 50.6 Å². The molecule has 0 saturated carbocycles. The van der Waals surface area contributed by atoms with E-state index in [-0.39, 0.29) is 11.9 Å². The molecule has 0 aliphatic rings. The van der Waals surface area contributed by atoms with Crippen LogP contribution in [-0.4, -0.2) is 65.9 Å². The maximum atomic E-state index is 12.6. The van der Waals surface area contributed by atoms with Crippen LogP contribution in [0.25, 0.3) is 5.69 Å². The molecule has 0 spiro atoms. The Balaban J connectivity index is 1.91. The number of carbonyl (C=O) groups excluding carboxylic acids is 1. The zero-order valence-electron chi connectivity index (χ0n) is 15.6. The van der Waals surface area contributed by atoms with Gasteiger partial charge in [0.05, 0.1) is 17.9 Å². The predicted molar refractivity (Wildman–Crippen MR) is 98.6 cm³/mol. The molecular weight excluding hydrogens is 316 g/mol. The number of rotatable bonds is 9. The van der Waals surface area contributed by atoms with E-state index in [1.54, 1.807) is 12.0 Å². The summed E-state index contributed by atoms with van der Waals surface area (Å²) in [6.45, 7) is 4.03. The fourth-order valence-corrected chi connectivity index (χ4v) is 2.67. The van der Waals surface area contributed by atoms with Crippen LogP contribution < -0.4 is 0 Å². The molecule has 0 fully saturated rings. The summed E-state index contributed by atoms with van der Waals surface area (Å²) in [5, 5.41) is 4.38. The number of carbonyl (C=O) groups is 1. The fraction of sp³-hybridized carbons (Fsp3) is 0.474. The van der Waals surface area contributed by atoms with Gasteiger partial charge in [-0.25, -0.2) is 4.68 Å². The van der Waals surface area contributed by atoms with Gasteiger partial charge in [0.25, 0.3) is 0 Å². The van der Waals surface area contributed by atoms with Gasteiger partial charge < -0.3 is 9.64 Å². The lowest BCUT2D eigenvalue weighted by Crippen LogP contribution is -2.44. The Kier molecular flexibility index (Phi) is 7.16. The molecule has 136 valence electrons. The molecular formula is C19H28N4O2. The van der Waals surface area contributed by atoms with Gasteiger partial charge in [-0.3, -0.25) is 9.69 Å². The van der Waals surface area contributed by atoms with Crippen molar-refractivity contribution in [2.75, 3.05) is 34.4 Å². The van der Waals surface area contributed by atoms with Gasteiger partial charge in [-0.05, 0) is 32.5 Å². The van der Waals surface area contributed by atoms with Crippen molar-refractivity contribution in [1.82, 2.24) is 19.6 Å². The van der Waals surface area contributed by atoms with Gasteiger partial charge in [0.15, 0.2) is 0 Å². The summed E-state index contributed by atoms with van der Waals surface area (Å²) in [6, 6.07) is 9.78. The second kappa shape index (κ2) is 9.34. The van der Waals surface area contributed by atoms with Gasteiger partial charge in [-0.2, -0.15) is 5.10 Å². The molecule has 6 heteroatoms. The van der Waals surface area contributed by atoms with Crippen molar-refractivity contribution in [2.24, 2.45) is 0 Å². The first-order valence-corrected chi connectivity index (χ1v) is 8.56. The molecule has 2 aromatic rings. The third-order valence-corrected chi connectivity index (χ3v) is 4.33. The highest BCUT2D eigenvalue weighted by Gasteiger charge is 2.21. The quantitative estimate of drug-likeness (QED) is 0.654. The highest BCUT2D eigenvalue weighted by Crippen LogP contribution is 2.10. The molecule has 2 rings (SSSR count). The highest BCUT2D eigenvalue weighted by atomic mass is 16.5. The minimum absolute atomic E-state index is 0.104. The monoisotopic (exact) mass is 344 g/mol. The lowest BCUT2D eigenvalue weighted by molar-refractivity contribution is -0.135. The van der Waals surface area contributed by atoms with Gasteiger partial charge in [-0.1, -0.05) is 18.2 Å². The molecule has 25 heavy (non-hydrogen) atoms. The second-order valence-electron chi connectivity index (χ2n) is 6.33. The zero-order chi connectivity index (χ0) is 18.2. The summed E-state index contributed by atoms with van der Waals surface area (Å²) in [6.07, 6.45) is 4.69. The summed E-state index contributed by atoms with van der Waals surface area (Å²) in [5.74, 6) is 0.104. The number of ether oxygens (including phenoxy) is 1. The minimum atomic E-state index is -0.161. The molecule has 1 aromatic heterocycles. The molecule has 1 unspecified atom stereocenters. The summed E-state index contributed by atoms with van der Waals surface area (Å²) < 4.78 is 6.89. The van der Waals surface area contributed by atoms with Crippen LogP contribution in [0, 0.1) is 0 Å². The largest absolute Gasteiger partial charge is 0.385 e. The third kappa shape index (κ3) is 5.41. The number of aromatic nitrogens is 2. The zero-order valence-corrected chi connectivity index (χ0v) is 15.6. The van der Waals surface area contributed by atoms with Crippen LogP contribution in [-0.2, 0) is 16.1 Å². The standard InChI is InChI=1S/C19H28N4O2/c1-16(21(2)11-8-12-25-4)19(24)22(3)14-17-13-20-23(15-17)18-9-6-5-7-10-18/h5-7,9-10,13,15-16H,8,11-12,14H2,1-4H3. The summed E-state index contributed by atoms with van der Waals surface area (Å²) in [7, 11) is 5.50. The van der Waals surface area contributed by atoms with E-state index in [4.69, 9.17) is 4.74 Å². The molecule has 1 atom stereocenters. The van der Waals surface area contributed by atoms with Crippen molar-refractivity contribution in [2.45, 2.75) is 25.9 Å². The Morgan fingerprint density at radius 3 is 2.68 bits per heavy atom. The molecule has 0 radical (unpaired) electrons. The molecule has 0 saturated heterocycles. The summed E-state index contributed by atoms with van der Waals surface area (Å²) >= 11 is 0. The van der Waals surface area contributed by atoms with Gasteiger partial charge in [0.1, 0.15) is 0 Å². The Labute approximate surface area is 150 Å². The number of hydrogen-bond donors (Lipinski definition) is 0. The average Bonchev–Trinajstić information content (AvgIpc) is 3.09. The Bertz CT molecular complexity index is 656. The maximum absolute atomic E-state index is 12.6. The van der Waals surface area contributed by atoms with Crippen LogP contribution in [0.2, 0.25) is 0 Å². The number of methoxy groups -OCH3 is 1. The van der Waals surface area contributed by atoms with Crippen molar-refractivity contribution in [3.8, 4) is 5.69 Å². The van der Waals surface area contributed by atoms with E-state index in [2.05, 4.69) is 10.00 Å². The van der Waals surface area contributed by atoms with E-state index in [0.717, 1.165) is 24.2 Å². The van der Waals surface area contributed by atoms with E-state index in [9.17, 15) is 4.79 Å². The first kappa shape index (κ1) is 19.1. The van der Waals surface area contributed by atoms with E-state index < -0.39 is 0 Å². The number of nitrogens with zero attached hydrogens (tertiary/aromatic N) is 4. The average molecular weight is 344 g/mol.